The third-order valence-electron chi connectivity index (χ3n) is 3.86. The van der Waals surface area contributed by atoms with Crippen LogP contribution in [-0.4, -0.2) is 16.6 Å². The molecule has 0 aliphatic heterocycles. The van der Waals surface area contributed by atoms with Gasteiger partial charge in [0, 0.05) is 49.4 Å². The zero-order chi connectivity index (χ0) is 19.2. The molecule has 1 aromatic carbocycles. The Hall–Kier alpha value is -3.19. The van der Waals surface area contributed by atoms with Gasteiger partial charge in [0.2, 0.25) is 5.88 Å². The Kier molecular flexibility index (Phi) is 5.83. The van der Waals surface area contributed by atoms with Gasteiger partial charge in [-0.2, -0.15) is 0 Å². The number of hydrogen-bond acceptors (Lipinski definition) is 6. The fourth-order valence-electron chi connectivity index (χ4n) is 2.58. The summed E-state index contributed by atoms with van der Waals surface area (Å²) in [6.45, 7) is 3.69. The minimum absolute atomic E-state index is 0.0927. The van der Waals surface area contributed by atoms with Gasteiger partial charge in [-0.05, 0) is 47.7 Å². The highest BCUT2D eigenvalue weighted by Gasteiger charge is 2.13. The van der Waals surface area contributed by atoms with Crippen LogP contribution in [0, 0.1) is 0 Å². The van der Waals surface area contributed by atoms with E-state index >= 15 is 0 Å². The first-order valence-electron chi connectivity index (χ1n) is 8.26. The van der Waals surface area contributed by atoms with Gasteiger partial charge >= 0.3 is 0 Å². The highest BCUT2D eigenvalue weighted by molar-refractivity contribution is 8.03. The second-order valence-electron chi connectivity index (χ2n) is 5.68. The second kappa shape index (κ2) is 8.46. The molecule has 0 amide bonds. The largest absolute Gasteiger partial charge is 0.438 e. The number of anilines is 2. The Bertz CT molecular complexity index is 1000. The molecule has 0 saturated carbocycles. The van der Waals surface area contributed by atoms with Crippen LogP contribution >= 0.6 is 11.9 Å². The molecule has 0 fully saturated rings. The minimum Gasteiger partial charge on any atom is -0.438 e. The molecular formula is C20H20N4O2S. The number of aryl methyl sites for hydroxylation is 1. The fourth-order valence-corrected chi connectivity index (χ4v) is 2.92. The first-order valence-corrected chi connectivity index (χ1v) is 9.14. The number of nitrogens with zero attached hydrogens (tertiary/aromatic N) is 2. The average Bonchev–Trinajstić information content (AvgIpc) is 2.70. The van der Waals surface area contributed by atoms with Gasteiger partial charge in [0.25, 0.3) is 5.56 Å². The summed E-state index contributed by atoms with van der Waals surface area (Å²) >= 11 is 1.38. The Labute approximate surface area is 162 Å². The molecule has 3 rings (SSSR count). The van der Waals surface area contributed by atoms with Crippen LogP contribution in [0.25, 0.3) is 11.1 Å². The summed E-state index contributed by atoms with van der Waals surface area (Å²) < 4.78 is 10.7. The lowest BCUT2D eigenvalue weighted by atomic mass is 10.0. The van der Waals surface area contributed by atoms with Crippen molar-refractivity contribution < 1.29 is 4.74 Å². The normalized spacial score (nSPS) is 10.3. The molecule has 0 saturated heterocycles. The minimum atomic E-state index is -0.0927. The van der Waals surface area contributed by atoms with Crippen LogP contribution in [0.1, 0.15) is 0 Å². The SMILES string of the molecule is C=CSNc1ccc(Oc2ccccn2)c(-c2cc(NC)c(=O)n(C)c2)c1. The van der Waals surface area contributed by atoms with Gasteiger partial charge in [-0.15, -0.1) is 0 Å². The Morgan fingerprint density at radius 2 is 2.11 bits per heavy atom. The highest BCUT2D eigenvalue weighted by Crippen LogP contribution is 2.36. The number of ether oxygens (including phenoxy) is 1. The number of aromatic nitrogens is 2. The smallest absolute Gasteiger partial charge is 0.273 e. The predicted octanol–water partition coefficient (Wildman–Crippen LogP) is 4.48. The lowest BCUT2D eigenvalue weighted by molar-refractivity contribution is 0.464. The summed E-state index contributed by atoms with van der Waals surface area (Å²) in [7, 11) is 3.45. The molecule has 0 bridgehead atoms. The lowest BCUT2D eigenvalue weighted by Crippen LogP contribution is -2.19. The lowest BCUT2D eigenvalue weighted by Gasteiger charge is -2.15. The number of pyridine rings is 2. The van der Waals surface area contributed by atoms with E-state index in [0.717, 1.165) is 16.8 Å². The van der Waals surface area contributed by atoms with E-state index in [4.69, 9.17) is 4.74 Å². The molecule has 138 valence electrons. The van der Waals surface area contributed by atoms with E-state index in [1.807, 2.05) is 36.4 Å². The first kappa shape index (κ1) is 18.6. The standard InChI is InChI=1S/C20H20N4O2S/c1-4-27-23-15-8-9-18(26-19-7-5-6-10-22-19)16(12-15)14-11-17(21-2)20(25)24(3)13-14/h4-13,21,23H,1H2,2-3H3. The van der Waals surface area contributed by atoms with E-state index in [1.54, 1.807) is 42.5 Å². The highest BCUT2D eigenvalue weighted by atomic mass is 32.2. The van der Waals surface area contributed by atoms with Crippen molar-refractivity contribution in [3.05, 3.63) is 77.2 Å². The molecule has 0 unspecified atom stereocenters. The molecule has 6 nitrogen and oxygen atoms in total. The molecule has 2 aromatic heterocycles. The van der Waals surface area contributed by atoms with Crippen LogP contribution in [0.15, 0.2) is 71.6 Å². The van der Waals surface area contributed by atoms with E-state index in [0.29, 0.717) is 17.3 Å². The van der Waals surface area contributed by atoms with E-state index in [9.17, 15) is 4.79 Å². The molecule has 7 heteroatoms. The van der Waals surface area contributed by atoms with Crippen molar-refractivity contribution in [1.29, 1.82) is 0 Å². The molecule has 0 aliphatic rings. The average molecular weight is 380 g/mol. The van der Waals surface area contributed by atoms with Crippen molar-refractivity contribution >= 4 is 23.3 Å². The van der Waals surface area contributed by atoms with E-state index in [-0.39, 0.29) is 5.56 Å². The Morgan fingerprint density at radius 3 is 2.81 bits per heavy atom. The number of rotatable bonds is 7. The maximum atomic E-state index is 12.2. The first-order chi connectivity index (χ1) is 13.1. The molecule has 2 N–H and O–H groups in total. The maximum Gasteiger partial charge on any atom is 0.273 e. The van der Waals surface area contributed by atoms with Gasteiger partial charge in [0.1, 0.15) is 11.4 Å². The van der Waals surface area contributed by atoms with E-state index < -0.39 is 0 Å². The molecule has 3 aromatic rings. The zero-order valence-electron chi connectivity index (χ0n) is 15.1. The van der Waals surface area contributed by atoms with Gasteiger partial charge in [-0.25, -0.2) is 4.98 Å². The van der Waals surface area contributed by atoms with E-state index in [1.165, 1.54) is 11.9 Å². The summed E-state index contributed by atoms with van der Waals surface area (Å²) in [6.07, 6.45) is 3.46. The summed E-state index contributed by atoms with van der Waals surface area (Å²) in [5, 5.41) is 4.66. The maximum absolute atomic E-state index is 12.2. The van der Waals surface area contributed by atoms with Crippen molar-refractivity contribution in [1.82, 2.24) is 9.55 Å². The molecule has 0 atom stereocenters. The third kappa shape index (κ3) is 4.32. The molecule has 0 aliphatic carbocycles. The van der Waals surface area contributed by atoms with Crippen molar-refractivity contribution in [2.75, 3.05) is 17.1 Å². The molecular weight excluding hydrogens is 360 g/mol. The molecule has 0 spiro atoms. The van der Waals surface area contributed by atoms with Crippen LogP contribution in [0.2, 0.25) is 0 Å². The molecule has 0 radical (unpaired) electrons. The zero-order valence-corrected chi connectivity index (χ0v) is 15.9. The summed E-state index contributed by atoms with van der Waals surface area (Å²) in [6, 6.07) is 13.1. The van der Waals surface area contributed by atoms with Gasteiger partial charge in [0.05, 0.1) is 0 Å². The second-order valence-corrected chi connectivity index (χ2v) is 6.45. The van der Waals surface area contributed by atoms with Crippen LogP contribution < -0.4 is 20.3 Å². The van der Waals surface area contributed by atoms with Crippen molar-refractivity contribution in [3.8, 4) is 22.8 Å². The fraction of sp³-hybridized carbons (Fsp3) is 0.100. The summed E-state index contributed by atoms with van der Waals surface area (Å²) in [4.78, 5) is 16.4. The van der Waals surface area contributed by atoms with Crippen LogP contribution in [-0.2, 0) is 7.05 Å². The van der Waals surface area contributed by atoms with Crippen LogP contribution in [0.4, 0.5) is 11.4 Å². The van der Waals surface area contributed by atoms with Crippen molar-refractivity contribution in [2.45, 2.75) is 0 Å². The van der Waals surface area contributed by atoms with Gasteiger partial charge < -0.3 is 19.3 Å². The Balaban J connectivity index is 2.11. The molecule has 27 heavy (non-hydrogen) atoms. The number of benzene rings is 1. The topological polar surface area (TPSA) is 68.2 Å². The van der Waals surface area contributed by atoms with Crippen LogP contribution in [0.3, 0.4) is 0 Å². The van der Waals surface area contributed by atoms with Crippen LogP contribution in [0.5, 0.6) is 11.6 Å². The monoisotopic (exact) mass is 380 g/mol. The quantitative estimate of drug-likeness (QED) is 0.589. The third-order valence-corrected chi connectivity index (χ3v) is 4.38. The Morgan fingerprint density at radius 1 is 1.26 bits per heavy atom. The summed E-state index contributed by atoms with van der Waals surface area (Å²) in [5.74, 6) is 1.14. The number of hydrogen-bond donors (Lipinski definition) is 2. The molecule has 2 heterocycles. The van der Waals surface area contributed by atoms with E-state index in [2.05, 4.69) is 21.6 Å². The van der Waals surface area contributed by atoms with Crippen molar-refractivity contribution in [2.24, 2.45) is 7.05 Å². The predicted molar refractivity (Wildman–Crippen MR) is 112 cm³/mol. The van der Waals surface area contributed by atoms with Gasteiger partial charge in [-0.3, -0.25) is 4.79 Å². The summed E-state index contributed by atoms with van der Waals surface area (Å²) in [5.41, 5.74) is 2.99. The van der Waals surface area contributed by atoms with Gasteiger partial charge in [0.15, 0.2) is 0 Å². The number of nitrogens with one attached hydrogen (secondary N) is 2. The van der Waals surface area contributed by atoms with Crippen molar-refractivity contribution in [3.63, 3.8) is 0 Å². The van der Waals surface area contributed by atoms with Gasteiger partial charge in [-0.1, -0.05) is 12.6 Å².